The minimum absolute atomic E-state index is 0.107. The standard InChI is InChI=1S/C13H15NO4/c1-9(8-11(15)18-2)14-12(13(16)17)10-6-4-3-5-7-10/h3-8,12,14H,1-2H3,(H,16,17)/b9-8+/t12-/m0/s1/i3D,4D,5D,6D,7D. The molecular formula is C13H15NO4. The van der Waals surface area contributed by atoms with Gasteiger partial charge in [0.05, 0.1) is 14.0 Å². The highest BCUT2D eigenvalue weighted by molar-refractivity contribution is 5.83. The highest BCUT2D eigenvalue weighted by Gasteiger charge is 2.19. The van der Waals surface area contributed by atoms with Crippen molar-refractivity contribution < 1.29 is 26.3 Å². The molecule has 0 aliphatic carbocycles. The van der Waals surface area contributed by atoms with Crippen LogP contribution in [0.1, 0.15) is 25.4 Å². The number of carboxylic acid groups (broad SMARTS) is 1. The van der Waals surface area contributed by atoms with Gasteiger partial charge in [0, 0.05) is 11.8 Å². The summed E-state index contributed by atoms with van der Waals surface area (Å²) in [5, 5.41) is 11.8. The van der Waals surface area contributed by atoms with Gasteiger partial charge in [-0.2, -0.15) is 0 Å². The van der Waals surface area contributed by atoms with Crippen LogP contribution in [0.4, 0.5) is 0 Å². The molecule has 5 heteroatoms. The lowest BCUT2D eigenvalue weighted by atomic mass is 10.1. The number of benzene rings is 1. The van der Waals surface area contributed by atoms with Crippen molar-refractivity contribution in [3.63, 3.8) is 0 Å². The van der Waals surface area contributed by atoms with Gasteiger partial charge in [-0.3, -0.25) is 0 Å². The highest BCUT2D eigenvalue weighted by atomic mass is 16.5. The summed E-state index contributed by atoms with van der Waals surface area (Å²) < 4.78 is 42.7. The van der Waals surface area contributed by atoms with E-state index >= 15 is 0 Å². The first kappa shape index (κ1) is 7.92. The van der Waals surface area contributed by atoms with Gasteiger partial charge in [0.2, 0.25) is 0 Å². The number of esters is 1. The van der Waals surface area contributed by atoms with Gasteiger partial charge in [0.1, 0.15) is 6.04 Å². The van der Waals surface area contributed by atoms with Crippen LogP contribution in [0, 0.1) is 0 Å². The molecule has 0 fully saturated rings. The van der Waals surface area contributed by atoms with E-state index in [1.54, 1.807) is 0 Å². The fourth-order valence-electron chi connectivity index (χ4n) is 1.17. The number of ether oxygens (including phenoxy) is 1. The third kappa shape index (κ3) is 3.93. The summed E-state index contributed by atoms with van der Waals surface area (Å²) >= 11 is 0. The first-order valence-electron chi connectivity index (χ1n) is 7.44. The summed E-state index contributed by atoms with van der Waals surface area (Å²) in [5.74, 6) is -2.18. The lowest BCUT2D eigenvalue weighted by Gasteiger charge is -2.16. The maximum absolute atomic E-state index is 11.5. The summed E-state index contributed by atoms with van der Waals surface area (Å²) in [4.78, 5) is 22.6. The van der Waals surface area contributed by atoms with Crippen LogP contribution in [0.15, 0.2) is 42.0 Å². The predicted octanol–water partition coefficient (Wildman–Crippen LogP) is 1.48. The van der Waals surface area contributed by atoms with E-state index in [9.17, 15) is 14.7 Å². The molecule has 0 unspecified atom stereocenters. The normalized spacial score (nSPS) is 16.6. The Kier molecular flexibility index (Phi) is 2.83. The molecule has 5 nitrogen and oxygen atoms in total. The largest absolute Gasteiger partial charge is 0.479 e. The number of aliphatic carboxylic acids is 1. The van der Waals surface area contributed by atoms with Gasteiger partial charge in [-0.1, -0.05) is 30.2 Å². The summed E-state index contributed by atoms with van der Waals surface area (Å²) in [5.41, 5.74) is -0.308. The van der Waals surface area contributed by atoms with Crippen LogP contribution >= 0.6 is 0 Å². The topological polar surface area (TPSA) is 75.6 Å². The van der Waals surface area contributed by atoms with Crippen molar-refractivity contribution in [2.45, 2.75) is 13.0 Å². The number of allylic oxidation sites excluding steroid dienone is 1. The average Bonchev–Trinajstić information content (AvgIpc) is 2.49. The van der Waals surface area contributed by atoms with Crippen molar-refractivity contribution in [2.24, 2.45) is 0 Å². The van der Waals surface area contributed by atoms with E-state index in [2.05, 4.69) is 10.1 Å². The Morgan fingerprint density at radius 2 is 2.06 bits per heavy atom. The van der Waals surface area contributed by atoms with E-state index in [-0.39, 0.29) is 5.70 Å². The van der Waals surface area contributed by atoms with Crippen molar-refractivity contribution in [2.75, 3.05) is 7.11 Å². The number of carbonyl (C=O) groups is 2. The molecule has 0 bridgehead atoms. The zero-order valence-electron chi connectivity index (χ0n) is 14.8. The van der Waals surface area contributed by atoms with Crippen molar-refractivity contribution in [1.29, 1.82) is 0 Å². The minimum Gasteiger partial charge on any atom is -0.479 e. The Morgan fingerprint density at radius 3 is 2.56 bits per heavy atom. The van der Waals surface area contributed by atoms with E-state index in [0.29, 0.717) is 0 Å². The van der Waals surface area contributed by atoms with Gasteiger partial charge in [0.25, 0.3) is 0 Å². The molecule has 0 saturated heterocycles. The van der Waals surface area contributed by atoms with Gasteiger partial charge in [-0.25, -0.2) is 9.59 Å². The molecular weight excluding hydrogens is 234 g/mol. The molecule has 0 aliphatic rings. The fourth-order valence-corrected chi connectivity index (χ4v) is 1.17. The Labute approximate surface area is 112 Å². The van der Waals surface area contributed by atoms with Crippen molar-refractivity contribution >= 4 is 11.9 Å². The van der Waals surface area contributed by atoms with E-state index in [1.165, 1.54) is 6.92 Å². The van der Waals surface area contributed by atoms with Crippen molar-refractivity contribution in [3.05, 3.63) is 47.5 Å². The van der Waals surface area contributed by atoms with E-state index in [1.807, 2.05) is 0 Å². The van der Waals surface area contributed by atoms with Crippen LogP contribution in [0.2, 0.25) is 0 Å². The minimum atomic E-state index is -1.62. The van der Waals surface area contributed by atoms with Gasteiger partial charge in [0.15, 0.2) is 0 Å². The number of hydrogen-bond acceptors (Lipinski definition) is 4. The molecule has 1 aromatic rings. The fraction of sp³-hybridized carbons (Fsp3) is 0.231. The number of nitrogens with one attached hydrogen (secondary N) is 1. The van der Waals surface area contributed by atoms with Gasteiger partial charge >= 0.3 is 11.9 Å². The smallest absolute Gasteiger partial charge is 0.332 e. The molecule has 0 heterocycles. The van der Waals surface area contributed by atoms with E-state index < -0.39 is 53.8 Å². The summed E-state index contributed by atoms with van der Waals surface area (Å²) in [6.07, 6.45) is 0.991. The molecule has 0 spiro atoms. The zero-order chi connectivity index (χ0) is 17.9. The molecule has 1 aromatic carbocycles. The summed E-state index contributed by atoms with van der Waals surface area (Å²) in [7, 11) is 1.15. The Balaban J connectivity index is 3.41. The second kappa shape index (κ2) is 6.44. The number of carbonyl (C=O) groups excluding carboxylic acids is 1. The van der Waals surface area contributed by atoms with Gasteiger partial charge < -0.3 is 15.2 Å². The lowest BCUT2D eigenvalue weighted by molar-refractivity contribution is -0.139. The molecule has 2 N–H and O–H groups in total. The van der Waals surface area contributed by atoms with Crippen molar-refractivity contribution in [3.8, 4) is 0 Å². The first-order valence-corrected chi connectivity index (χ1v) is 4.94. The summed E-state index contributed by atoms with van der Waals surface area (Å²) in [6.45, 7) is 1.39. The zero-order valence-corrected chi connectivity index (χ0v) is 9.83. The second-order valence-corrected chi connectivity index (χ2v) is 3.30. The predicted molar refractivity (Wildman–Crippen MR) is 65.7 cm³/mol. The van der Waals surface area contributed by atoms with Crippen LogP contribution in [0.3, 0.4) is 0 Å². The molecule has 1 rings (SSSR count). The number of methoxy groups -OCH3 is 1. The SMILES string of the molecule is [2H]c1c([2H])c([2H])c([C@H](N/C(C)=C/C(=O)OC)C(=O)O)c([2H])c1[2H]. The van der Waals surface area contributed by atoms with Crippen LogP contribution in [0.5, 0.6) is 0 Å². The maximum atomic E-state index is 11.5. The molecule has 0 aliphatic heterocycles. The molecule has 0 radical (unpaired) electrons. The third-order valence-electron chi connectivity index (χ3n) is 1.96. The molecule has 18 heavy (non-hydrogen) atoms. The Hall–Kier alpha value is -2.30. The Bertz CT molecular complexity index is 660. The van der Waals surface area contributed by atoms with Crippen LogP contribution in [-0.4, -0.2) is 24.2 Å². The van der Waals surface area contributed by atoms with Crippen LogP contribution < -0.4 is 5.32 Å². The van der Waals surface area contributed by atoms with Gasteiger partial charge in [-0.05, 0) is 12.5 Å². The van der Waals surface area contributed by atoms with Crippen LogP contribution in [0.25, 0.3) is 0 Å². The molecule has 0 saturated carbocycles. The monoisotopic (exact) mass is 254 g/mol. The van der Waals surface area contributed by atoms with Crippen molar-refractivity contribution in [1.82, 2.24) is 5.32 Å². The quantitative estimate of drug-likeness (QED) is 0.615. The first-order chi connectivity index (χ1) is 10.6. The third-order valence-corrected chi connectivity index (χ3v) is 1.96. The molecule has 0 amide bonds. The average molecular weight is 254 g/mol. The van der Waals surface area contributed by atoms with E-state index in [0.717, 1.165) is 13.2 Å². The van der Waals surface area contributed by atoms with Gasteiger partial charge in [-0.15, -0.1) is 0 Å². The maximum Gasteiger partial charge on any atom is 0.332 e. The van der Waals surface area contributed by atoms with E-state index in [4.69, 9.17) is 6.85 Å². The van der Waals surface area contributed by atoms with Crippen LogP contribution in [-0.2, 0) is 14.3 Å². The second-order valence-electron chi connectivity index (χ2n) is 3.30. The lowest BCUT2D eigenvalue weighted by Crippen LogP contribution is -2.27. The Morgan fingerprint density at radius 1 is 1.44 bits per heavy atom. The molecule has 0 aromatic heterocycles. The summed E-state index contributed by atoms with van der Waals surface area (Å²) in [6, 6.07) is -4.75. The number of rotatable bonds is 5. The molecule has 96 valence electrons. The highest BCUT2D eigenvalue weighted by Crippen LogP contribution is 2.14. The number of carboxylic acids is 1. The number of hydrogen-bond donors (Lipinski definition) is 2. The molecule has 1 atom stereocenters.